The molecule has 0 radical (unpaired) electrons. The first-order valence-electron chi connectivity index (χ1n) is 10.6. The van der Waals surface area contributed by atoms with E-state index in [1.165, 1.54) is 6.42 Å². The number of aromatic amines is 1. The first-order valence-corrected chi connectivity index (χ1v) is 10.6. The van der Waals surface area contributed by atoms with E-state index in [-0.39, 0.29) is 29.4 Å². The van der Waals surface area contributed by atoms with E-state index in [4.69, 9.17) is 9.73 Å². The Labute approximate surface area is 186 Å². The molecule has 1 aromatic heterocycles. The van der Waals surface area contributed by atoms with Crippen molar-refractivity contribution in [3.8, 4) is 0 Å². The molecule has 0 amide bonds. The van der Waals surface area contributed by atoms with E-state index >= 15 is 0 Å². The molecule has 3 rings (SSSR count). The first-order chi connectivity index (χ1) is 13.1. The van der Waals surface area contributed by atoms with E-state index in [2.05, 4.69) is 53.1 Å². The predicted molar refractivity (Wildman–Crippen MR) is 123 cm³/mol. The third kappa shape index (κ3) is 5.37. The van der Waals surface area contributed by atoms with Crippen molar-refractivity contribution in [2.24, 2.45) is 10.4 Å². The Morgan fingerprint density at radius 3 is 2.68 bits per heavy atom. The summed E-state index contributed by atoms with van der Waals surface area (Å²) < 4.78 is 6.10. The lowest BCUT2D eigenvalue weighted by molar-refractivity contribution is -0.114. The number of piperidine rings is 1. The summed E-state index contributed by atoms with van der Waals surface area (Å²) in [7, 11) is 0. The molecule has 2 unspecified atom stereocenters. The molecule has 7 nitrogen and oxygen atoms in total. The fraction of sp³-hybridized carbons (Fsp3) is 0.850. The van der Waals surface area contributed by atoms with Gasteiger partial charge < -0.3 is 15.0 Å². The van der Waals surface area contributed by atoms with Gasteiger partial charge in [-0.25, -0.2) is 4.98 Å². The van der Waals surface area contributed by atoms with Crippen molar-refractivity contribution in [3.05, 3.63) is 12.2 Å². The third-order valence-electron chi connectivity index (χ3n) is 6.22. The standard InChI is InChI=1S/C20H36N6O.HI/c1-5-7-12-27-17-13-16(20(17,3)4)24-19(21-6-2)26-10-8-15(9-11-26)18-22-14-23-25-18;/h14-17H,5-13H2,1-4H3,(H,21,24)(H,22,23,25);1H. The third-order valence-corrected chi connectivity index (χ3v) is 6.22. The zero-order chi connectivity index (χ0) is 19.3. The SMILES string of the molecule is CCCCOC1CC(NC(=NCC)N2CCC(c3ncn[nH]3)CC2)C1(C)C.I. The number of ether oxygens (including phenoxy) is 1. The second-order valence-electron chi connectivity index (χ2n) is 8.40. The summed E-state index contributed by atoms with van der Waals surface area (Å²) in [6.45, 7) is 12.6. The molecule has 8 heteroatoms. The summed E-state index contributed by atoms with van der Waals surface area (Å²) in [4.78, 5) is 11.5. The summed E-state index contributed by atoms with van der Waals surface area (Å²) >= 11 is 0. The Morgan fingerprint density at radius 2 is 2.11 bits per heavy atom. The highest BCUT2D eigenvalue weighted by Gasteiger charge is 2.49. The molecule has 1 aliphatic heterocycles. The zero-order valence-corrected chi connectivity index (χ0v) is 20.1. The van der Waals surface area contributed by atoms with E-state index in [0.717, 1.165) is 63.7 Å². The maximum absolute atomic E-state index is 6.10. The molecule has 2 fully saturated rings. The van der Waals surface area contributed by atoms with E-state index < -0.39 is 0 Å². The van der Waals surface area contributed by atoms with Gasteiger partial charge in [0.1, 0.15) is 12.2 Å². The van der Waals surface area contributed by atoms with Crippen LogP contribution in [0, 0.1) is 5.41 Å². The largest absolute Gasteiger partial charge is 0.378 e. The van der Waals surface area contributed by atoms with Crippen LogP contribution in [0.2, 0.25) is 0 Å². The van der Waals surface area contributed by atoms with Crippen LogP contribution in [0.25, 0.3) is 0 Å². The van der Waals surface area contributed by atoms with Crippen LogP contribution in [0.5, 0.6) is 0 Å². The van der Waals surface area contributed by atoms with E-state index in [1.807, 2.05) is 0 Å². The Morgan fingerprint density at radius 1 is 1.36 bits per heavy atom. The number of aliphatic imine (C=N–C) groups is 1. The molecule has 2 aliphatic rings. The summed E-state index contributed by atoms with van der Waals surface area (Å²) in [5.41, 5.74) is 0.139. The number of likely N-dealkylation sites (tertiary alicyclic amines) is 1. The van der Waals surface area contributed by atoms with Crippen molar-refractivity contribution in [3.63, 3.8) is 0 Å². The maximum Gasteiger partial charge on any atom is 0.194 e. The average molecular weight is 504 g/mol. The number of guanidine groups is 1. The number of H-pyrrole nitrogens is 1. The monoisotopic (exact) mass is 504 g/mol. The van der Waals surface area contributed by atoms with Crippen molar-refractivity contribution < 1.29 is 4.74 Å². The first kappa shape index (κ1) is 23.4. The van der Waals surface area contributed by atoms with Crippen LogP contribution in [0.15, 0.2) is 11.3 Å². The quantitative estimate of drug-likeness (QED) is 0.257. The predicted octanol–water partition coefficient (Wildman–Crippen LogP) is 3.55. The molecule has 0 bridgehead atoms. The lowest BCUT2D eigenvalue weighted by Gasteiger charge is -2.52. The van der Waals surface area contributed by atoms with E-state index in [9.17, 15) is 0 Å². The Kier molecular flexibility index (Phi) is 8.98. The zero-order valence-electron chi connectivity index (χ0n) is 17.8. The number of hydrogen-bond acceptors (Lipinski definition) is 4. The van der Waals surface area contributed by atoms with Gasteiger partial charge in [0.25, 0.3) is 0 Å². The lowest BCUT2D eigenvalue weighted by Crippen LogP contribution is -2.64. The molecule has 2 atom stereocenters. The molecule has 2 heterocycles. The smallest absolute Gasteiger partial charge is 0.194 e. The summed E-state index contributed by atoms with van der Waals surface area (Å²) in [5.74, 6) is 2.55. The van der Waals surface area contributed by atoms with Crippen LogP contribution in [0.3, 0.4) is 0 Å². The van der Waals surface area contributed by atoms with Crippen LogP contribution in [-0.2, 0) is 4.74 Å². The highest BCUT2D eigenvalue weighted by Crippen LogP contribution is 2.43. The fourth-order valence-corrected chi connectivity index (χ4v) is 4.10. The summed E-state index contributed by atoms with van der Waals surface area (Å²) in [6.07, 6.45) is 7.51. The second-order valence-corrected chi connectivity index (χ2v) is 8.40. The van der Waals surface area contributed by atoms with Crippen molar-refractivity contribution >= 4 is 29.9 Å². The number of hydrogen-bond donors (Lipinski definition) is 2. The van der Waals surface area contributed by atoms with Gasteiger partial charge in [0.2, 0.25) is 0 Å². The van der Waals surface area contributed by atoms with Gasteiger partial charge in [-0.15, -0.1) is 24.0 Å². The van der Waals surface area contributed by atoms with Crippen molar-refractivity contribution in [1.82, 2.24) is 25.4 Å². The number of nitrogens with one attached hydrogen (secondary N) is 2. The fourth-order valence-electron chi connectivity index (χ4n) is 4.10. The molecule has 0 spiro atoms. The minimum absolute atomic E-state index is 0. The summed E-state index contributed by atoms with van der Waals surface area (Å²) in [6, 6.07) is 0.418. The summed E-state index contributed by atoms with van der Waals surface area (Å²) in [5, 5.41) is 10.8. The molecule has 160 valence electrons. The highest BCUT2D eigenvalue weighted by molar-refractivity contribution is 14.0. The Hall–Kier alpha value is -0.900. The van der Waals surface area contributed by atoms with Crippen LogP contribution >= 0.6 is 24.0 Å². The Bertz CT molecular complexity index is 598. The van der Waals surface area contributed by atoms with Crippen molar-refractivity contribution in [2.45, 2.75) is 77.9 Å². The molecule has 1 saturated carbocycles. The minimum Gasteiger partial charge on any atom is -0.378 e. The number of halogens is 1. The molecule has 2 N–H and O–H groups in total. The molecular weight excluding hydrogens is 467 g/mol. The van der Waals surface area contributed by atoms with Crippen LogP contribution in [0.1, 0.15) is 71.5 Å². The Balaban J connectivity index is 0.00000280. The van der Waals surface area contributed by atoms with Crippen LogP contribution < -0.4 is 5.32 Å². The molecule has 0 aromatic carbocycles. The van der Waals surface area contributed by atoms with Gasteiger partial charge in [-0.05, 0) is 32.6 Å². The molecule has 1 aromatic rings. The molecule has 1 aliphatic carbocycles. The van der Waals surface area contributed by atoms with Gasteiger partial charge in [0, 0.05) is 43.6 Å². The minimum atomic E-state index is 0. The molecular formula is C20H37IN6O. The number of aromatic nitrogens is 3. The van der Waals surface area contributed by atoms with Gasteiger partial charge in [0.15, 0.2) is 5.96 Å². The average Bonchev–Trinajstić information content (AvgIpc) is 3.21. The number of unbranched alkanes of at least 4 members (excludes halogenated alkanes) is 1. The maximum atomic E-state index is 6.10. The van der Waals surface area contributed by atoms with E-state index in [1.54, 1.807) is 6.33 Å². The number of rotatable bonds is 7. The van der Waals surface area contributed by atoms with Gasteiger partial charge in [-0.2, -0.15) is 5.10 Å². The van der Waals surface area contributed by atoms with Gasteiger partial charge in [-0.1, -0.05) is 27.2 Å². The number of nitrogens with zero attached hydrogens (tertiary/aromatic N) is 4. The molecule has 1 saturated heterocycles. The van der Waals surface area contributed by atoms with Crippen LogP contribution in [0.4, 0.5) is 0 Å². The van der Waals surface area contributed by atoms with E-state index in [0.29, 0.717) is 18.1 Å². The molecule has 28 heavy (non-hydrogen) atoms. The lowest BCUT2D eigenvalue weighted by atomic mass is 9.64. The topological polar surface area (TPSA) is 78.4 Å². The van der Waals surface area contributed by atoms with Crippen LogP contribution in [-0.4, -0.2) is 64.4 Å². The van der Waals surface area contributed by atoms with Crippen molar-refractivity contribution in [2.75, 3.05) is 26.2 Å². The second kappa shape index (κ2) is 10.8. The normalized spacial score (nSPS) is 25.1. The van der Waals surface area contributed by atoms with Gasteiger partial charge in [-0.3, -0.25) is 10.1 Å². The van der Waals surface area contributed by atoms with Gasteiger partial charge >= 0.3 is 0 Å². The highest BCUT2D eigenvalue weighted by atomic mass is 127. The van der Waals surface area contributed by atoms with Gasteiger partial charge in [0.05, 0.1) is 6.10 Å². The van der Waals surface area contributed by atoms with Crippen molar-refractivity contribution in [1.29, 1.82) is 0 Å².